The summed E-state index contributed by atoms with van der Waals surface area (Å²) in [5, 5.41) is 10.2. The Hall–Kier alpha value is -2.27. The minimum Gasteiger partial charge on any atom is -0.382 e. The number of hydrogen-bond acceptors (Lipinski definition) is 3. The van der Waals surface area contributed by atoms with Crippen LogP contribution in [0.1, 0.15) is 23.7 Å². The summed E-state index contributed by atoms with van der Waals surface area (Å²) in [4.78, 5) is 17.8. The first-order valence-electron chi connectivity index (χ1n) is 7.53. The van der Waals surface area contributed by atoms with Crippen molar-refractivity contribution in [1.82, 2.24) is 9.88 Å². The van der Waals surface area contributed by atoms with Crippen LogP contribution in [0.5, 0.6) is 0 Å². The molecule has 4 nitrogen and oxygen atoms in total. The molecule has 0 bridgehead atoms. The highest BCUT2D eigenvalue weighted by atomic mass is 19.1. The number of hydrogen-bond donors (Lipinski definition) is 1. The molecule has 1 aliphatic rings. The molecule has 1 aromatic heterocycles. The van der Waals surface area contributed by atoms with Gasteiger partial charge in [0.1, 0.15) is 11.9 Å². The van der Waals surface area contributed by atoms with Crippen LogP contribution in [0.2, 0.25) is 0 Å². The predicted octanol–water partition coefficient (Wildman–Crippen LogP) is 1.90. The molecule has 5 heteroatoms. The van der Waals surface area contributed by atoms with Crippen LogP contribution in [0.4, 0.5) is 4.39 Å². The number of aromatic nitrogens is 1. The summed E-state index contributed by atoms with van der Waals surface area (Å²) < 4.78 is 12.9. The van der Waals surface area contributed by atoms with E-state index in [9.17, 15) is 14.3 Å². The highest BCUT2D eigenvalue weighted by molar-refractivity contribution is 5.85. The van der Waals surface area contributed by atoms with Crippen molar-refractivity contribution in [3.05, 3.63) is 65.2 Å². The van der Waals surface area contributed by atoms with E-state index in [-0.39, 0.29) is 11.7 Å². The third-order valence-electron chi connectivity index (χ3n) is 4.51. The number of benzene rings is 1. The Morgan fingerprint density at radius 3 is 2.43 bits per heavy atom. The number of aliphatic hydroxyl groups excluding tert-OH is 1. The maximum atomic E-state index is 12.9. The molecule has 120 valence electrons. The third kappa shape index (κ3) is 2.84. The van der Waals surface area contributed by atoms with Gasteiger partial charge in [0.25, 0.3) is 5.91 Å². The van der Waals surface area contributed by atoms with Crippen LogP contribution in [0.25, 0.3) is 0 Å². The SMILES string of the molecule is CN1CC(C)(c2ccc(Cc3ccc(F)cc3)cn2)C(O)C1=O. The zero-order valence-electron chi connectivity index (χ0n) is 13.2. The summed E-state index contributed by atoms with van der Waals surface area (Å²) >= 11 is 0. The van der Waals surface area contributed by atoms with E-state index in [0.717, 1.165) is 11.1 Å². The summed E-state index contributed by atoms with van der Waals surface area (Å²) in [6.45, 7) is 2.29. The van der Waals surface area contributed by atoms with Crippen LogP contribution in [0, 0.1) is 5.82 Å². The van der Waals surface area contributed by atoms with E-state index >= 15 is 0 Å². The first-order valence-corrected chi connectivity index (χ1v) is 7.53. The lowest BCUT2D eigenvalue weighted by Crippen LogP contribution is -2.37. The van der Waals surface area contributed by atoms with Gasteiger partial charge in [-0.2, -0.15) is 0 Å². The molecule has 2 unspecified atom stereocenters. The van der Waals surface area contributed by atoms with Crippen molar-refractivity contribution >= 4 is 5.91 Å². The molecule has 1 aromatic carbocycles. The molecular formula is C18H19FN2O2. The summed E-state index contributed by atoms with van der Waals surface area (Å²) in [5.74, 6) is -0.524. The number of nitrogens with zero attached hydrogens (tertiary/aromatic N) is 2. The molecule has 23 heavy (non-hydrogen) atoms. The van der Waals surface area contributed by atoms with Crippen molar-refractivity contribution in [3.8, 4) is 0 Å². The second kappa shape index (κ2) is 5.74. The molecule has 2 aromatic rings. The molecule has 1 N–H and O–H groups in total. The zero-order chi connectivity index (χ0) is 16.6. The van der Waals surface area contributed by atoms with E-state index in [1.165, 1.54) is 17.0 Å². The van der Waals surface area contributed by atoms with Crippen LogP contribution in [-0.2, 0) is 16.6 Å². The number of carbonyl (C=O) groups excluding carboxylic acids is 1. The average molecular weight is 314 g/mol. The van der Waals surface area contributed by atoms with Gasteiger partial charge < -0.3 is 10.0 Å². The topological polar surface area (TPSA) is 53.4 Å². The smallest absolute Gasteiger partial charge is 0.252 e. The van der Waals surface area contributed by atoms with E-state index in [2.05, 4.69) is 4.98 Å². The lowest BCUT2D eigenvalue weighted by Gasteiger charge is -2.25. The van der Waals surface area contributed by atoms with Gasteiger partial charge in [-0.05, 0) is 42.7 Å². The molecule has 0 spiro atoms. The van der Waals surface area contributed by atoms with Crippen LogP contribution in [-0.4, -0.2) is 40.6 Å². The third-order valence-corrected chi connectivity index (χ3v) is 4.51. The maximum absolute atomic E-state index is 12.9. The van der Waals surface area contributed by atoms with Crippen molar-refractivity contribution in [2.24, 2.45) is 0 Å². The van der Waals surface area contributed by atoms with Gasteiger partial charge in [0.15, 0.2) is 0 Å². The molecule has 1 saturated heterocycles. The Labute approximate surface area is 134 Å². The largest absolute Gasteiger partial charge is 0.382 e. The molecule has 2 atom stereocenters. The molecule has 2 heterocycles. The number of rotatable bonds is 3. The summed E-state index contributed by atoms with van der Waals surface area (Å²) in [6.07, 6.45) is 1.34. The van der Waals surface area contributed by atoms with Gasteiger partial charge in [0, 0.05) is 19.8 Å². The number of aliphatic hydroxyl groups is 1. The second-order valence-corrected chi connectivity index (χ2v) is 6.37. The van der Waals surface area contributed by atoms with Gasteiger partial charge in [-0.15, -0.1) is 0 Å². The first-order chi connectivity index (χ1) is 10.9. The van der Waals surface area contributed by atoms with Gasteiger partial charge in [0.05, 0.1) is 11.1 Å². The fourth-order valence-corrected chi connectivity index (χ4v) is 3.06. The average Bonchev–Trinajstić information content (AvgIpc) is 2.74. The molecule has 0 radical (unpaired) electrons. The number of pyridine rings is 1. The number of likely N-dealkylation sites (tertiary alicyclic amines) is 1. The fourth-order valence-electron chi connectivity index (χ4n) is 3.06. The standard InChI is InChI=1S/C18H19FN2O2/c1-18(11-21(2)17(23)16(18)22)15-8-5-13(10-20-15)9-12-3-6-14(19)7-4-12/h3-8,10,16,22H,9,11H2,1-2H3. The number of carbonyl (C=O) groups is 1. The van der Waals surface area contributed by atoms with E-state index in [1.807, 2.05) is 19.1 Å². The number of amides is 1. The van der Waals surface area contributed by atoms with E-state index < -0.39 is 11.5 Å². The van der Waals surface area contributed by atoms with Crippen LogP contribution < -0.4 is 0 Å². The molecule has 3 rings (SSSR count). The van der Waals surface area contributed by atoms with Crippen molar-refractivity contribution in [2.45, 2.75) is 24.9 Å². The summed E-state index contributed by atoms with van der Waals surface area (Å²) in [5.41, 5.74) is 2.00. The number of likely N-dealkylation sites (N-methyl/N-ethyl adjacent to an activating group) is 1. The van der Waals surface area contributed by atoms with E-state index in [4.69, 9.17) is 0 Å². The Morgan fingerprint density at radius 2 is 1.91 bits per heavy atom. The second-order valence-electron chi connectivity index (χ2n) is 6.37. The fraction of sp³-hybridized carbons (Fsp3) is 0.333. The van der Waals surface area contributed by atoms with Crippen molar-refractivity contribution in [1.29, 1.82) is 0 Å². The van der Waals surface area contributed by atoms with Gasteiger partial charge >= 0.3 is 0 Å². The quantitative estimate of drug-likeness (QED) is 0.941. The van der Waals surface area contributed by atoms with Crippen molar-refractivity contribution in [2.75, 3.05) is 13.6 Å². The van der Waals surface area contributed by atoms with Gasteiger partial charge in [-0.1, -0.05) is 18.2 Å². The molecule has 1 fully saturated rings. The molecule has 1 amide bonds. The van der Waals surface area contributed by atoms with E-state index in [0.29, 0.717) is 18.7 Å². The summed E-state index contributed by atoms with van der Waals surface area (Å²) in [7, 11) is 1.68. The Bertz CT molecular complexity index is 715. The molecular weight excluding hydrogens is 295 g/mol. The Kier molecular flexibility index (Phi) is 3.90. The molecule has 0 saturated carbocycles. The molecule has 1 aliphatic heterocycles. The van der Waals surface area contributed by atoms with Crippen LogP contribution in [0.15, 0.2) is 42.6 Å². The normalized spacial score (nSPS) is 24.3. The first kappa shape index (κ1) is 15.6. The highest BCUT2D eigenvalue weighted by Gasteiger charge is 2.49. The van der Waals surface area contributed by atoms with Gasteiger partial charge in [-0.25, -0.2) is 4.39 Å². The van der Waals surface area contributed by atoms with Crippen molar-refractivity contribution < 1.29 is 14.3 Å². The summed E-state index contributed by atoms with van der Waals surface area (Å²) in [6, 6.07) is 10.2. The predicted molar refractivity (Wildman–Crippen MR) is 84.4 cm³/mol. The van der Waals surface area contributed by atoms with Crippen LogP contribution in [0.3, 0.4) is 0 Å². The van der Waals surface area contributed by atoms with Gasteiger partial charge in [0.2, 0.25) is 0 Å². The van der Waals surface area contributed by atoms with Gasteiger partial charge in [-0.3, -0.25) is 9.78 Å². The minimum absolute atomic E-state index is 0.251. The Morgan fingerprint density at radius 1 is 1.26 bits per heavy atom. The highest BCUT2D eigenvalue weighted by Crippen LogP contribution is 2.33. The number of halogens is 1. The lowest BCUT2D eigenvalue weighted by molar-refractivity contribution is -0.134. The molecule has 0 aliphatic carbocycles. The van der Waals surface area contributed by atoms with E-state index in [1.54, 1.807) is 25.4 Å². The van der Waals surface area contributed by atoms with Crippen LogP contribution >= 0.6 is 0 Å². The lowest BCUT2D eigenvalue weighted by atomic mass is 9.83. The Balaban J connectivity index is 1.79. The monoisotopic (exact) mass is 314 g/mol. The van der Waals surface area contributed by atoms with Crippen molar-refractivity contribution in [3.63, 3.8) is 0 Å². The maximum Gasteiger partial charge on any atom is 0.252 e. The minimum atomic E-state index is -1.07. The zero-order valence-corrected chi connectivity index (χ0v) is 13.2.